The SMILES string of the molecule is Cc1cccc(C2(C(=O)N3CC[C@@H](O)C3)CCCCC2)c1. The lowest BCUT2D eigenvalue weighted by Crippen LogP contribution is -2.47. The Morgan fingerprint density at radius 3 is 2.67 bits per heavy atom. The van der Waals surface area contributed by atoms with Crippen molar-refractivity contribution in [3.8, 4) is 0 Å². The fourth-order valence-corrected chi connectivity index (χ4v) is 3.95. The predicted molar refractivity (Wildman–Crippen MR) is 83.1 cm³/mol. The summed E-state index contributed by atoms with van der Waals surface area (Å²) in [5.41, 5.74) is 2.04. The lowest BCUT2D eigenvalue weighted by Gasteiger charge is -2.39. The van der Waals surface area contributed by atoms with E-state index in [4.69, 9.17) is 0 Å². The Hall–Kier alpha value is -1.35. The van der Waals surface area contributed by atoms with Crippen LogP contribution in [-0.2, 0) is 10.2 Å². The van der Waals surface area contributed by atoms with Gasteiger partial charge < -0.3 is 10.0 Å². The zero-order chi connectivity index (χ0) is 14.9. The van der Waals surface area contributed by atoms with E-state index in [1.165, 1.54) is 17.5 Å². The van der Waals surface area contributed by atoms with Gasteiger partial charge in [-0.15, -0.1) is 0 Å². The van der Waals surface area contributed by atoms with Gasteiger partial charge in [0.25, 0.3) is 0 Å². The van der Waals surface area contributed by atoms with E-state index in [2.05, 4.69) is 31.2 Å². The molecule has 1 amide bonds. The van der Waals surface area contributed by atoms with Gasteiger partial charge in [-0.25, -0.2) is 0 Å². The molecular formula is C18H25NO2. The molecule has 1 N–H and O–H groups in total. The van der Waals surface area contributed by atoms with Gasteiger partial charge in [-0.1, -0.05) is 49.1 Å². The van der Waals surface area contributed by atoms with Gasteiger partial charge in [-0.2, -0.15) is 0 Å². The minimum absolute atomic E-state index is 0.240. The summed E-state index contributed by atoms with van der Waals surface area (Å²) in [7, 11) is 0. The van der Waals surface area contributed by atoms with E-state index in [1.54, 1.807) is 0 Å². The number of amides is 1. The normalized spacial score (nSPS) is 25.0. The van der Waals surface area contributed by atoms with Crippen LogP contribution in [0.3, 0.4) is 0 Å². The summed E-state index contributed by atoms with van der Waals surface area (Å²) in [6, 6.07) is 8.44. The number of nitrogens with zero attached hydrogens (tertiary/aromatic N) is 1. The predicted octanol–water partition coefficient (Wildman–Crippen LogP) is 2.79. The third-order valence-electron chi connectivity index (χ3n) is 5.14. The average Bonchev–Trinajstić information content (AvgIpc) is 2.94. The molecule has 1 atom stereocenters. The number of aliphatic hydroxyl groups excluding tert-OH is 1. The number of benzene rings is 1. The largest absolute Gasteiger partial charge is 0.391 e. The molecule has 1 aliphatic heterocycles. The first-order valence-electron chi connectivity index (χ1n) is 8.16. The van der Waals surface area contributed by atoms with Gasteiger partial charge >= 0.3 is 0 Å². The maximum atomic E-state index is 13.2. The molecule has 114 valence electrons. The number of hydrogen-bond donors (Lipinski definition) is 1. The highest BCUT2D eigenvalue weighted by Crippen LogP contribution is 2.41. The zero-order valence-corrected chi connectivity index (χ0v) is 12.8. The maximum Gasteiger partial charge on any atom is 0.233 e. The molecule has 0 unspecified atom stereocenters. The Bertz CT molecular complexity index is 520. The van der Waals surface area contributed by atoms with Crippen LogP contribution >= 0.6 is 0 Å². The third-order valence-corrected chi connectivity index (χ3v) is 5.14. The molecule has 2 aliphatic rings. The fraction of sp³-hybridized carbons (Fsp3) is 0.611. The van der Waals surface area contributed by atoms with Crippen molar-refractivity contribution in [2.24, 2.45) is 0 Å². The monoisotopic (exact) mass is 287 g/mol. The Labute approximate surface area is 127 Å². The second-order valence-electron chi connectivity index (χ2n) is 6.71. The number of carbonyl (C=O) groups excluding carboxylic acids is 1. The first-order valence-corrected chi connectivity index (χ1v) is 8.16. The van der Waals surface area contributed by atoms with Crippen molar-refractivity contribution < 1.29 is 9.90 Å². The molecule has 0 spiro atoms. The smallest absolute Gasteiger partial charge is 0.233 e. The molecule has 1 aromatic rings. The molecule has 21 heavy (non-hydrogen) atoms. The molecule has 1 saturated carbocycles. The quantitative estimate of drug-likeness (QED) is 0.908. The molecule has 0 radical (unpaired) electrons. The second kappa shape index (κ2) is 5.80. The maximum absolute atomic E-state index is 13.2. The van der Waals surface area contributed by atoms with Crippen molar-refractivity contribution in [3.63, 3.8) is 0 Å². The van der Waals surface area contributed by atoms with E-state index in [0.717, 1.165) is 32.1 Å². The van der Waals surface area contributed by atoms with Crippen molar-refractivity contribution in [2.45, 2.75) is 57.0 Å². The summed E-state index contributed by atoms with van der Waals surface area (Å²) in [5, 5.41) is 9.75. The van der Waals surface area contributed by atoms with Crippen LogP contribution in [-0.4, -0.2) is 35.1 Å². The minimum atomic E-state index is -0.353. The molecular weight excluding hydrogens is 262 g/mol. The van der Waals surface area contributed by atoms with E-state index in [0.29, 0.717) is 13.1 Å². The second-order valence-corrected chi connectivity index (χ2v) is 6.71. The van der Waals surface area contributed by atoms with Gasteiger partial charge in [0.2, 0.25) is 5.91 Å². The molecule has 3 nitrogen and oxygen atoms in total. The minimum Gasteiger partial charge on any atom is -0.391 e. The molecule has 1 aliphatic carbocycles. The van der Waals surface area contributed by atoms with Crippen molar-refractivity contribution in [1.29, 1.82) is 0 Å². The molecule has 3 heteroatoms. The van der Waals surface area contributed by atoms with Gasteiger partial charge in [0.05, 0.1) is 11.5 Å². The highest BCUT2D eigenvalue weighted by molar-refractivity contribution is 5.88. The van der Waals surface area contributed by atoms with E-state index in [-0.39, 0.29) is 17.4 Å². The summed E-state index contributed by atoms with van der Waals surface area (Å²) < 4.78 is 0. The van der Waals surface area contributed by atoms with Crippen LogP contribution in [0.5, 0.6) is 0 Å². The Balaban J connectivity index is 1.95. The first-order chi connectivity index (χ1) is 10.1. The number of aryl methyl sites for hydroxylation is 1. The molecule has 1 heterocycles. The van der Waals surface area contributed by atoms with Gasteiger partial charge in [0, 0.05) is 13.1 Å². The molecule has 0 aromatic heterocycles. The van der Waals surface area contributed by atoms with Crippen LogP contribution < -0.4 is 0 Å². The molecule has 1 saturated heterocycles. The summed E-state index contributed by atoms with van der Waals surface area (Å²) in [5.74, 6) is 0.240. The topological polar surface area (TPSA) is 40.5 Å². The van der Waals surface area contributed by atoms with E-state index in [1.807, 2.05) is 4.90 Å². The van der Waals surface area contributed by atoms with Crippen LogP contribution in [0.2, 0.25) is 0 Å². The van der Waals surface area contributed by atoms with Gasteiger partial charge in [-0.05, 0) is 31.7 Å². The molecule has 1 aromatic carbocycles. The van der Waals surface area contributed by atoms with Crippen molar-refractivity contribution in [2.75, 3.05) is 13.1 Å². The van der Waals surface area contributed by atoms with Crippen LogP contribution in [0.25, 0.3) is 0 Å². The molecule has 3 rings (SSSR count). The number of β-amino-alcohol motifs (C(OH)–C–C–N with tert-alkyl or cyclic N) is 1. The molecule has 0 bridgehead atoms. The summed E-state index contributed by atoms with van der Waals surface area (Å²) in [6.07, 6.45) is 5.74. The fourth-order valence-electron chi connectivity index (χ4n) is 3.95. The van der Waals surface area contributed by atoms with Crippen LogP contribution in [0.4, 0.5) is 0 Å². The van der Waals surface area contributed by atoms with Gasteiger partial charge in [-0.3, -0.25) is 4.79 Å². The Morgan fingerprint density at radius 1 is 1.29 bits per heavy atom. The summed E-state index contributed by atoms with van der Waals surface area (Å²) in [4.78, 5) is 15.1. The van der Waals surface area contributed by atoms with Crippen LogP contribution in [0.1, 0.15) is 49.7 Å². The highest BCUT2D eigenvalue weighted by Gasteiger charge is 2.44. The third kappa shape index (κ3) is 2.71. The van der Waals surface area contributed by atoms with Crippen LogP contribution in [0.15, 0.2) is 24.3 Å². The van der Waals surface area contributed by atoms with E-state index >= 15 is 0 Å². The van der Waals surface area contributed by atoms with Crippen LogP contribution in [0, 0.1) is 6.92 Å². The van der Waals surface area contributed by atoms with Gasteiger partial charge in [0.15, 0.2) is 0 Å². The number of rotatable bonds is 2. The summed E-state index contributed by atoms with van der Waals surface area (Å²) in [6.45, 7) is 3.30. The number of hydrogen-bond acceptors (Lipinski definition) is 2. The van der Waals surface area contributed by atoms with E-state index < -0.39 is 0 Å². The van der Waals surface area contributed by atoms with Gasteiger partial charge in [0.1, 0.15) is 0 Å². The first kappa shape index (κ1) is 14.6. The van der Waals surface area contributed by atoms with E-state index in [9.17, 15) is 9.90 Å². The Morgan fingerprint density at radius 2 is 2.05 bits per heavy atom. The number of likely N-dealkylation sites (tertiary alicyclic amines) is 1. The van der Waals surface area contributed by atoms with Crippen molar-refractivity contribution in [1.82, 2.24) is 4.90 Å². The van der Waals surface area contributed by atoms with Crippen molar-refractivity contribution >= 4 is 5.91 Å². The standard InChI is InChI=1S/C18H25NO2/c1-14-6-5-7-15(12-14)18(9-3-2-4-10-18)17(21)19-11-8-16(20)13-19/h5-7,12,16,20H,2-4,8-11,13H2,1H3/t16-/m1/s1. The Kier molecular flexibility index (Phi) is 4.03. The lowest BCUT2D eigenvalue weighted by molar-refractivity contribution is -0.138. The highest BCUT2D eigenvalue weighted by atomic mass is 16.3. The summed E-state index contributed by atoms with van der Waals surface area (Å²) >= 11 is 0. The average molecular weight is 287 g/mol. The lowest BCUT2D eigenvalue weighted by atomic mass is 9.68. The molecule has 2 fully saturated rings. The number of carbonyl (C=O) groups is 1. The zero-order valence-electron chi connectivity index (χ0n) is 12.8. The van der Waals surface area contributed by atoms with Crippen molar-refractivity contribution in [3.05, 3.63) is 35.4 Å². The number of aliphatic hydroxyl groups is 1.